The minimum Gasteiger partial charge on any atom is -0.507 e. The van der Waals surface area contributed by atoms with Crippen LogP contribution in [0.25, 0.3) is 0 Å². The van der Waals surface area contributed by atoms with Crippen LogP contribution in [0.15, 0.2) is 53.5 Å². The second-order valence-electron chi connectivity index (χ2n) is 3.99. The second-order valence-corrected chi connectivity index (χ2v) is 3.99. The summed E-state index contributed by atoms with van der Waals surface area (Å²) in [6, 6.07) is 13.8. The molecule has 2 rings (SSSR count). The number of phenolic OH excluding ortho intramolecular Hbond substituents is 1. The van der Waals surface area contributed by atoms with Crippen molar-refractivity contribution in [1.29, 1.82) is 0 Å². The lowest BCUT2D eigenvalue weighted by atomic mass is 10.1. The summed E-state index contributed by atoms with van der Waals surface area (Å²) < 4.78 is 0. The molecule has 4 nitrogen and oxygen atoms in total. The van der Waals surface area contributed by atoms with Crippen LogP contribution in [0, 0.1) is 0 Å². The zero-order valence-electron chi connectivity index (χ0n) is 10.3. The van der Waals surface area contributed by atoms with Crippen molar-refractivity contribution in [3.05, 3.63) is 59.7 Å². The molecule has 0 radical (unpaired) electrons. The van der Waals surface area contributed by atoms with Gasteiger partial charge >= 0.3 is 0 Å². The number of carbonyl (C=O) groups is 1. The Hall–Kier alpha value is -2.46. The number of ketones is 1. The highest BCUT2D eigenvalue weighted by Gasteiger charge is 2.03. The summed E-state index contributed by atoms with van der Waals surface area (Å²) in [5, 5.41) is 9.61. The van der Waals surface area contributed by atoms with Crippen LogP contribution in [0.4, 0.5) is 5.69 Å². The zero-order valence-corrected chi connectivity index (χ0v) is 10.3. The smallest absolute Gasteiger partial charge is 0.176 e. The average Bonchev–Trinajstić information content (AvgIpc) is 2.46. The number of aromatic hydroxyl groups is 1. The molecule has 0 amide bonds. The van der Waals surface area contributed by atoms with Crippen LogP contribution in [-0.2, 0) is 0 Å². The van der Waals surface area contributed by atoms with Crippen molar-refractivity contribution in [2.24, 2.45) is 10.7 Å². The summed E-state index contributed by atoms with van der Waals surface area (Å²) in [4.78, 5) is 15.7. The monoisotopic (exact) mass is 254 g/mol. The van der Waals surface area contributed by atoms with Gasteiger partial charge in [0, 0.05) is 17.3 Å². The fraction of sp³-hybridized carbons (Fsp3) is 0.0667. The minimum atomic E-state index is -0.125. The Morgan fingerprint density at radius 3 is 2.74 bits per heavy atom. The molecule has 0 spiro atoms. The van der Waals surface area contributed by atoms with Gasteiger partial charge in [0.05, 0.1) is 12.2 Å². The number of aliphatic imine (C=N–C) groups is 1. The second kappa shape index (κ2) is 5.93. The summed E-state index contributed by atoms with van der Waals surface area (Å²) >= 11 is 0. The summed E-state index contributed by atoms with van der Waals surface area (Å²) in [6.45, 7) is -0.0212. The molecule has 0 aliphatic rings. The van der Waals surface area contributed by atoms with Crippen LogP contribution in [-0.4, -0.2) is 23.6 Å². The Kier molecular flexibility index (Phi) is 4.05. The van der Waals surface area contributed by atoms with Crippen molar-refractivity contribution >= 4 is 17.7 Å². The normalized spacial score (nSPS) is 10.8. The predicted molar refractivity (Wildman–Crippen MR) is 75.2 cm³/mol. The number of nitrogens with two attached hydrogens (primary N) is 1. The third-order valence-electron chi connectivity index (χ3n) is 2.64. The zero-order chi connectivity index (χ0) is 13.7. The maximum Gasteiger partial charge on any atom is 0.176 e. The quantitative estimate of drug-likeness (QED) is 0.649. The van der Waals surface area contributed by atoms with Gasteiger partial charge in [0.25, 0.3) is 0 Å². The molecular weight excluding hydrogens is 240 g/mol. The lowest BCUT2D eigenvalue weighted by molar-refractivity contribution is 0.100. The van der Waals surface area contributed by atoms with Crippen molar-refractivity contribution in [2.45, 2.75) is 0 Å². The van der Waals surface area contributed by atoms with E-state index in [4.69, 9.17) is 5.73 Å². The number of carbonyl (C=O) groups excluding carboxylic acids is 1. The minimum absolute atomic E-state index is 0.0212. The third kappa shape index (κ3) is 3.26. The number of para-hydroxylation sites is 1. The molecular formula is C15H14N2O2. The average molecular weight is 254 g/mol. The van der Waals surface area contributed by atoms with E-state index in [1.807, 2.05) is 6.07 Å². The molecule has 96 valence electrons. The molecule has 0 saturated heterocycles. The number of rotatable bonds is 4. The van der Waals surface area contributed by atoms with Crippen LogP contribution in [0.2, 0.25) is 0 Å². The molecule has 0 unspecified atom stereocenters. The van der Waals surface area contributed by atoms with Gasteiger partial charge in [-0.05, 0) is 24.3 Å². The molecule has 0 aliphatic heterocycles. The molecule has 3 N–H and O–H groups in total. The molecule has 0 aliphatic carbocycles. The maximum absolute atomic E-state index is 11.5. The lowest BCUT2D eigenvalue weighted by Crippen LogP contribution is -2.13. The number of Topliss-reactive ketones (excluding diaryl/α,β-unsaturated/α-hetero) is 1. The molecule has 0 heterocycles. The van der Waals surface area contributed by atoms with Gasteiger partial charge in [-0.25, -0.2) is 0 Å². The molecule has 0 fully saturated rings. The topological polar surface area (TPSA) is 75.7 Å². The van der Waals surface area contributed by atoms with Crippen molar-refractivity contribution in [3.8, 4) is 5.75 Å². The predicted octanol–water partition coefficient (Wildman–Crippen LogP) is 2.28. The first-order valence-electron chi connectivity index (χ1n) is 5.86. The molecule has 19 heavy (non-hydrogen) atoms. The highest BCUT2D eigenvalue weighted by atomic mass is 16.3. The highest BCUT2D eigenvalue weighted by molar-refractivity contribution is 5.98. The lowest BCUT2D eigenvalue weighted by Gasteiger charge is -2.00. The van der Waals surface area contributed by atoms with E-state index in [0.717, 1.165) is 0 Å². The van der Waals surface area contributed by atoms with Crippen LogP contribution in [0.1, 0.15) is 15.9 Å². The van der Waals surface area contributed by atoms with Gasteiger partial charge in [0.15, 0.2) is 5.78 Å². The van der Waals surface area contributed by atoms with Crippen LogP contribution in [0.3, 0.4) is 0 Å². The molecule has 2 aromatic rings. The van der Waals surface area contributed by atoms with Crippen molar-refractivity contribution < 1.29 is 9.90 Å². The van der Waals surface area contributed by atoms with E-state index in [1.54, 1.807) is 48.7 Å². The Balaban J connectivity index is 2.24. The molecule has 4 heteroatoms. The Bertz CT molecular complexity index is 621. The number of hydrogen-bond donors (Lipinski definition) is 2. The van der Waals surface area contributed by atoms with Gasteiger partial charge in [0.2, 0.25) is 0 Å². The van der Waals surface area contributed by atoms with Crippen LogP contribution < -0.4 is 5.73 Å². The molecule has 2 aromatic carbocycles. The van der Waals surface area contributed by atoms with E-state index in [1.165, 1.54) is 0 Å². The third-order valence-corrected chi connectivity index (χ3v) is 2.64. The summed E-state index contributed by atoms with van der Waals surface area (Å²) in [5.74, 6) is 0.0417. The largest absolute Gasteiger partial charge is 0.507 e. The number of hydrogen-bond acceptors (Lipinski definition) is 4. The molecule has 0 atom stereocenters. The van der Waals surface area contributed by atoms with Gasteiger partial charge in [-0.1, -0.05) is 24.3 Å². The van der Waals surface area contributed by atoms with Crippen molar-refractivity contribution in [2.75, 3.05) is 6.54 Å². The van der Waals surface area contributed by atoms with Gasteiger partial charge in [0.1, 0.15) is 5.75 Å². The molecule has 0 bridgehead atoms. The molecule has 0 aromatic heterocycles. The van der Waals surface area contributed by atoms with E-state index < -0.39 is 0 Å². The first-order chi connectivity index (χ1) is 9.20. The summed E-state index contributed by atoms with van der Waals surface area (Å²) in [6.07, 6.45) is 1.56. The summed E-state index contributed by atoms with van der Waals surface area (Å²) in [7, 11) is 0. The summed E-state index contributed by atoms with van der Waals surface area (Å²) in [5.41, 5.74) is 7.12. The van der Waals surface area contributed by atoms with E-state index >= 15 is 0 Å². The van der Waals surface area contributed by atoms with E-state index in [0.29, 0.717) is 16.8 Å². The van der Waals surface area contributed by atoms with Gasteiger partial charge in [-0.15, -0.1) is 0 Å². The Labute approximate surface area is 111 Å². The fourth-order valence-corrected chi connectivity index (χ4v) is 1.62. The van der Waals surface area contributed by atoms with Crippen LogP contribution in [0.5, 0.6) is 5.75 Å². The van der Waals surface area contributed by atoms with Crippen molar-refractivity contribution in [3.63, 3.8) is 0 Å². The van der Waals surface area contributed by atoms with E-state index in [2.05, 4.69) is 4.99 Å². The standard InChI is InChI=1S/C15H14N2O2/c16-9-15(19)11-5-3-6-13(8-11)17-10-12-4-1-2-7-14(12)18/h1-8,10,18H,9,16H2. The van der Waals surface area contributed by atoms with Gasteiger partial charge < -0.3 is 10.8 Å². The first-order valence-corrected chi connectivity index (χ1v) is 5.86. The Morgan fingerprint density at radius 1 is 1.21 bits per heavy atom. The maximum atomic E-state index is 11.5. The fourth-order valence-electron chi connectivity index (χ4n) is 1.62. The first kappa shape index (κ1) is 13.0. The number of phenols is 1. The van der Waals surface area contributed by atoms with E-state index in [-0.39, 0.29) is 18.1 Å². The van der Waals surface area contributed by atoms with Crippen molar-refractivity contribution in [1.82, 2.24) is 0 Å². The molecule has 0 saturated carbocycles. The SMILES string of the molecule is NCC(=O)c1cccc(N=Cc2ccccc2O)c1. The van der Waals surface area contributed by atoms with E-state index in [9.17, 15) is 9.90 Å². The van der Waals surface area contributed by atoms with Crippen LogP contribution >= 0.6 is 0 Å². The highest BCUT2D eigenvalue weighted by Crippen LogP contribution is 2.17. The Morgan fingerprint density at radius 2 is 2.00 bits per heavy atom. The number of benzene rings is 2. The number of nitrogens with zero attached hydrogens (tertiary/aromatic N) is 1. The van der Waals surface area contributed by atoms with Gasteiger partial charge in [-0.3, -0.25) is 9.79 Å². The van der Waals surface area contributed by atoms with Gasteiger partial charge in [-0.2, -0.15) is 0 Å².